The van der Waals surface area contributed by atoms with Crippen LogP contribution in [-0.4, -0.2) is 30.3 Å². The van der Waals surface area contributed by atoms with E-state index in [4.69, 9.17) is 10.5 Å². The summed E-state index contributed by atoms with van der Waals surface area (Å²) in [5, 5.41) is 5.81. The number of halogens is 2. The van der Waals surface area contributed by atoms with Crippen LogP contribution in [0.1, 0.15) is 11.1 Å². The molecule has 0 unspecified atom stereocenters. The van der Waals surface area contributed by atoms with Crippen LogP contribution in [0.5, 0.6) is 5.75 Å². The maximum Gasteiger partial charge on any atom is 0.229 e. The number of methoxy groups -OCH3 is 1. The van der Waals surface area contributed by atoms with Gasteiger partial charge in [-0.25, -0.2) is 13.8 Å². The van der Waals surface area contributed by atoms with E-state index in [1.807, 2.05) is 0 Å². The lowest BCUT2D eigenvalue weighted by Gasteiger charge is -2.13. The molecule has 138 valence electrons. The Kier molecular flexibility index (Phi) is 6.42. The van der Waals surface area contributed by atoms with Crippen molar-refractivity contribution in [3.8, 4) is 5.75 Å². The molecule has 0 radical (unpaired) electrons. The molecule has 0 amide bonds. The molecule has 1 heterocycles. The van der Waals surface area contributed by atoms with Crippen molar-refractivity contribution in [3.63, 3.8) is 0 Å². The smallest absolute Gasteiger partial charge is 0.229 e. The van der Waals surface area contributed by atoms with Crippen LogP contribution in [0.25, 0.3) is 0 Å². The lowest BCUT2D eigenvalue weighted by Crippen LogP contribution is -2.11. The van der Waals surface area contributed by atoms with Gasteiger partial charge in [0.2, 0.25) is 5.95 Å². The number of allylic oxidation sites excluding steroid dienone is 1. The summed E-state index contributed by atoms with van der Waals surface area (Å²) in [6, 6.07) is 2.39. The van der Waals surface area contributed by atoms with Crippen LogP contribution < -0.4 is 21.1 Å². The van der Waals surface area contributed by atoms with Gasteiger partial charge in [0.1, 0.15) is 11.6 Å². The summed E-state index contributed by atoms with van der Waals surface area (Å²) in [6.45, 7) is 1.67. The number of aryl methyl sites for hydroxylation is 1. The SMILES string of the molecule is CN=C/C(=C\N)Nc1ncc(C)c(NCc2c(F)ccc(OC)c2F)n1. The summed E-state index contributed by atoms with van der Waals surface area (Å²) in [7, 11) is 2.92. The average Bonchev–Trinajstić information content (AvgIpc) is 2.63. The number of nitrogens with two attached hydrogens (primary N) is 1. The first-order valence-corrected chi connectivity index (χ1v) is 7.69. The zero-order valence-corrected chi connectivity index (χ0v) is 14.7. The van der Waals surface area contributed by atoms with Crippen molar-refractivity contribution in [3.05, 3.63) is 53.0 Å². The van der Waals surface area contributed by atoms with E-state index in [0.717, 1.165) is 6.07 Å². The van der Waals surface area contributed by atoms with E-state index in [2.05, 4.69) is 25.6 Å². The molecule has 0 atom stereocenters. The first-order valence-electron chi connectivity index (χ1n) is 7.69. The van der Waals surface area contributed by atoms with Gasteiger partial charge in [-0.3, -0.25) is 4.99 Å². The molecular weight excluding hydrogens is 342 g/mol. The summed E-state index contributed by atoms with van der Waals surface area (Å²) in [6.07, 6.45) is 4.41. The molecule has 0 fully saturated rings. The van der Waals surface area contributed by atoms with E-state index in [1.165, 1.54) is 25.6 Å². The van der Waals surface area contributed by atoms with Crippen LogP contribution >= 0.6 is 0 Å². The zero-order chi connectivity index (χ0) is 19.1. The van der Waals surface area contributed by atoms with Crippen molar-refractivity contribution < 1.29 is 13.5 Å². The van der Waals surface area contributed by atoms with Gasteiger partial charge in [-0.2, -0.15) is 4.98 Å². The minimum atomic E-state index is -0.752. The maximum atomic E-state index is 14.2. The van der Waals surface area contributed by atoms with Gasteiger partial charge >= 0.3 is 0 Å². The van der Waals surface area contributed by atoms with E-state index in [1.54, 1.807) is 20.2 Å². The van der Waals surface area contributed by atoms with Crippen LogP contribution in [0.4, 0.5) is 20.5 Å². The van der Waals surface area contributed by atoms with E-state index >= 15 is 0 Å². The number of anilines is 2. The van der Waals surface area contributed by atoms with Gasteiger partial charge in [-0.05, 0) is 19.1 Å². The fraction of sp³-hybridized carbons (Fsp3) is 0.235. The molecule has 1 aromatic carbocycles. The molecule has 0 saturated carbocycles. The fourth-order valence-electron chi connectivity index (χ4n) is 2.13. The van der Waals surface area contributed by atoms with Crippen molar-refractivity contribution in [2.45, 2.75) is 13.5 Å². The zero-order valence-electron chi connectivity index (χ0n) is 14.7. The highest BCUT2D eigenvalue weighted by Gasteiger charge is 2.15. The lowest BCUT2D eigenvalue weighted by molar-refractivity contribution is 0.381. The summed E-state index contributed by atoms with van der Waals surface area (Å²) in [5.74, 6) is -0.761. The maximum absolute atomic E-state index is 14.2. The predicted octanol–water partition coefficient (Wildman–Crippen LogP) is 2.60. The largest absolute Gasteiger partial charge is 0.494 e. The summed E-state index contributed by atoms with van der Waals surface area (Å²) >= 11 is 0. The van der Waals surface area contributed by atoms with E-state index < -0.39 is 11.6 Å². The number of ether oxygens (including phenoxy) is 1. The number of nitrogens with one attached hydrogen (secondary N) is 2. The van der Waals surface area contributed by atoms with Crippen molar-refractivity contribution in [1.29, 1.82) is 0 Å². The Morgan fingerprint density at radius 1 is 1.38 bits per heavy atom. The highest BCUT2D eigenvalue weighted by molar-refractivity contribution is 5.81. The number of hydrogen-bond acceptors (Lipinski definition) is 7. The van der Waals surface area contributed by atoms with Crippen molar-refractivity contribution in [2.75, 3.05) is 24.8 Å². The first-order chi connectivity index (χ1) is 12.5. The molecule has 0 aliphatic heterocycles. The van der Waals surface area contributed by atoms with Gasteiger partial charge in [-0.1, -0.05) is 0 Å². The number of aromatic nitrogens is 2. The van der Waals surface area contributed by atoms with Gasteiger partial charge in [0, 0.05) is 43.3 Å². The Morgan fingerprint density at radius 3 is 2.81 bits per heavy atom. The Morgan fingerprint density at radius 2 is 2.15 bits per heavy atom. The molecule has 0 aliphatic rings. The second-order valence-corrected chi connectivity index (χ2v) is 5.26. The molecule has 2 aromatic rings. The Labute approximate surface area is 150 Å². The molecule has 4 N–H and O–H groups in total. The van der Waals surface area contributed by atoms with Gasteiger partial charge in [0.15, 0.2) is 11.6 Å². The van der Waals surface area contributed by atoms with E-state index in [-0.39, 0.29) is 23.8 Å². The predicted molar refractivity (Wildman–Crippen MR) is 97.3 cm³/mol. The van der Waals surface area contributed by atoms with Crippen molar-refractivity contribution in [1.82, 2.24) is 9.97 Å². The van der Waals surface area contributed by atoms with Crippen molar-refractivity contribution >= 4 is 18.0 Å². The normalized spacial score (nSPS) is 11.7. The Hall–Kier alpha value is -3.23. The lowest BCUT2D eigenvalue weighted by atomic mass is 10.1. The van der Waals surface area contributed by atoms with Gasteiger partial charge in [-0.15, -0.1) is 0 Å². The highest BCUT2D eigenvalue weighted by Crippen LogP contribution is 2.24. The Balaban J connectivity index is 2.21. The highest BCUT2D eigenvalue weighted by atomic mass is 19.1. The fourth-order valence-corrected chi connectivity index (χ4v) is 2.13. The second-order valence-electron chi connectivity index (χ2n) is 5.26. The molecule has 26 heavy (non-hydrogen) atoms. The molecule has 0 aliphatic carbocycles. The van der Waals surface area contributed by atoms with Gasteiger partial charge in [0.05, 0.1) is 12.8 Å². The molecule has 0 saturated heterocycles. The third kappa shape index (κ3) is 4.44. The molecule has 0 bridgehead atoms. The van der Waals surface area contributed by atoms with Crippen LogP contribution in [0.15, 0.2) is 35.2 Å². The standard InChI is InChI=1S/C17H20F2N6O/c1-10-7-23-17(24-11(6-20)8-21-2)25-16(10)22-9-12-13(18)4-5-14(26-3)15(12)19/h4-8H,9,20H2,1-3H3,(H2,22,23,24,25)/b11-6+,21-8?. The third-order valence-electron chi connectivity index (χ3n) is 3.48. The summed E-state index contributed by atoms with van der Waals surface area (Å²) in [4.78, 5) is 12.3. The molecular formula is C17H20F2N6O. The first kappa shape index (κ1) is 19.1. The Bertz CT molecular complexity index is 838. The summed E-state index contributed by atoms with van der Waals surface area (Å²) in [5.41, 5.74) is 6.56. The van der Waals surface area contributed by atoms with Crippen LogP contribution in [0.2, 0.25) is 0 Å². The average molecular weight is 362 g/mol. The number of aliphatic imine (C=N–C) groups is 1. The van der Waals surface area contributed by atoms with Crippen LogP contribution in [0.3, 0.4) is 0 Å². The van der Waals surface area contributed by atoms with E-state index in [0.29, 0.717) is 17.1 Å². The molecule has 1 aromatic heterocycles. The molecule has 2 rings (SSSR count). The monoisotopic (exact) mass is 362 g/mol. The number of rotatable bonds is 7. The molecule has 7 nitrogen and oxygen atoms in total. The second kappa shape index (κ2) is 8.75. The third-order valence-corrected chi connectivity index (χ3v) is 3.48. The number of benzene rings is 1. The molecule has 9 heteroatoms. The van der Waals surface area contributed by atoms with Crippen LogP contribution in [0, 0.1) is 18.6 Å². The minimum Gasteiger partial charge on any atom is -0.494 e. The quantitative estimate of drug-likeness (QED) is 0.655. The topological polar surface area (TPSA) is 97.5 Å². The number of hydrogen-bond donors (Lipinski definition) is 3. The van der Waals surface area contributed by atoms with Crippen LogP contribution in [-0.2, 0) is 6.54 Å². The summed E-state index contributed by atoms with van der Waals surface area (Å²) < 4.78 is 33.0. The molecule has 0 spiro atoms. The minimum absolute atomic E-state index is 0.0263. The number of nitrogens with zero attached hydrogens (tertiary/aromatic N) is 3. The van der Waals surface area contributed by atoms with Gasteiger partial charge in [0.25, 0.3) is 0 Å². The van der Waals surface area contributed by atoms with E-state index in [9.17, 15) is 8.78 Å². The van der Waals surface area contributed by atoms with Gasteiger partial charge < -0.3 is 21.1 Å². The van der Waals surface area contributed by atoms with Crippen molar-refractivity contribution in [2.24, 2.45) is 10.7 Å².